The van der Waals surface area contributed by atoms with E-state index in [0.29, 0.717) is 42.5 Å². The van der Waals surface area contributed by atoms with Gasteiger partial charge < -0.3 is 14.8 Å². The Labute approximate surface area is 176 Å². The molecule has 0 bridgehead atoms. The Morgan fingerprint density at radius 1 is 1.17 bits per heavy atom. The predicted molar refractivity (Wildman–Crippen MR) is 110 cm³/mol. The van der Waals surface area contributed by atoms with Crippen molar-refractivity contribution in [1.29, 1.82) is 0 Å². The summed E-state index contributed by atoms with van der Waals surface area (Å²) in [5.74, 6) is 0.273. The molecule has 1 aliphatic rings. The SMILES string of the molecule is Cn1c(C(=O)NC2CCN(c3ccc(C(F)(F)F)cn3)CC2)c(Cl)c2ccccc21. The molecule has 2 aromatic heterocycles. The third kappa shape index (κ3) is 3.84. The molecule has 3 aromatic rings. The summed E-state index contributed by atoms with van der Waals surface area (Å²) in [4.78, 5) is 18.7. The summed E-state index contributed by atoms with van der Waals surface area (Å²) in [5.41, 5.74) is 0.542. The van der Waals surface area contributed by atoms with E-state index in [2.05, 4.69) is 10.3 Å². The minimum absolute atomic E-state index is 0.0442. The van der Waals surface area contributed by atoms with Gasteiger partial charge in [0.1, 0.15) is 11.5 Å². The first-order valence-electron chi connectivity index (χ1n) is 9.57. The lowest BCUT2D eigenvalue weighted by Crippen LogP contribution is -2.45. The molecule has 5 nitrogen and oxygen atoms in total. The highest BCUT2D eigenvalue weighted by molar-refractivity contribution is 6.38. The van der Waals surface area contributed by atoms with Crippen LogP contribution in [-0.2, 0) is 13.2 Å². The van der Waals surface area contributed by atoms with E-state index in [1.807, 2.05) is 36.2 Å². The maximum Gasteiger partial charge on any atom is 0.417 e. The van der Waals surface area contributed by atoms with Crippen LogP contribution in [-0.4, -0.2) is 34.6 Å². The summed E-state index contributed by atoms with van der Waals surface area (Å²) in [5, 5.41) is 4.30. The number of nitrogens with one attached hydrogen (secondary N) is 1. The molecule has 1 N–H and O–H groups in total. The standard InChI is InChI=1S/C21H20ClF3N4O/c1-28-16-5-3-2-4-15(16)18(22)19(28)20(30)27-14-8-10-29(11-9-14)17-7-6-13(12-26-17)21(23,24)25/h2-7,12,14H,8-11H2,1H3,(H,27,30). The van der Waals surface area contributed by atoms with E-state index in [1.165, 1.54) is 6.07 Å². The van der Waals surface area contributed by atoms with Crippen molar-refractivity contribution in [1.82, 2.24) is 14.9 Å². The number of hydrogen-bond donors (Lipinski definition) is 1. The number of fused-ring (bicyclic) bond motifs is 1. The van der Waals surface area contributed by atoms with Crippen LogP contribution < -0.4 is 10.2 Å². The number of hydrogen-bond acceptors (Lipinski definition) is 3. The number of para-hydroxylation sites is 1. The number of aromatic nitrogens is 2. The number of piperidine rings is 1. The molecule has 0 spiro atoms. The van der Waals surface area contributed by atoms with E-state index in [-0.39, 0.29) is 11.9 Å². The fourth-order valence-electron chi connectivity index (χ4n) is 3.85. The van der Waals surface area contributed by atoms with Gasteiger partial charge in [-0.1, -0.05) is 29.8 Å². The van der Waals surface area contributed by atoms with Crippen LogP contribution in [0.5, 0.6) is 0 Å². The van der Waals surface area contributed by atoms with Gasteiger partial charge in [0.05, 0.1) is 10.6 Å². The lowest BCUT2D eigenvalue weighted by atomic mass is 10.0. The molecular formula is C21H20ClF3N4O. The van der Waals surface area contributed by atoms with Crippen LogP contribution >= 0.6 is 11.6 Å². The van der Waals surface area contributed by atoms with Gasteiger partial charge in [-0.15, -0.1) is 0 Å². The van der Waals surface area contributed by atoms with Gasteiger partial charge in [0.25, 0.3) is 5.91 Å². The molecule has 4 rings (SSSR count). The average molecular weight is 437 g/mol. The van der Waals surface area contributed by atoms with Crippen molar-refractivity contribution in [3.63, 3.8) is 0 Å². The fourth-order valence-corrected chi connectivity index (χ4v) is 4.22. The first kappa shape index (κ1) is 20.5. The van der Waals surface area contributed by atoms with Crippen LogP contribution in [0.3, 0.4) is 0 Å². The first-order chi connectivity index (χ1) is 14.3. The third-order valence-corrected chi connectivity index (χ3v) is 5.87. The van der Waals surface area contributed by atoms with Crippen LogP contribution in [0.4, 0.5) is 19.0 Å². The first-order valence-corrected chi connectivity index (χ1v) is 9.95. The van der Waals surface area contributed by atoms with Crippen LogP contribution in [0.25, 0.3) is 10.9 Å². The zero-order valence-electron chi connectivity index (χ0n) is 16.2. The topological polar surface area (TPSA) is 50.2 Å². The molecule has 1 aliphatic heterocycles. The molecule has 0 radical (unpaired) electrons. The van der Waals surface area contributed by atoms with Crippen LogP contribution in [0.2, 0.25) is 5.02 Å². The minimum atomic E-state index is -4.40. The van der Waals surface area contributed by atoms with E-state index >= 15 is 0 Å². The van der Waals surface area contributed by atoms with Gasteiger partial charge in [0.15, 0.2) is 0 Å². The summed E-state index contributed by atoms with van der Waals surface area (Å²) in [6.07, 6.45) is -2.22. The van der Waals surface area contributed by atoms with Gasteiger partial charge in [0.2, 0.25) is 0 Å². The molecule has 1 amide bonds. The molecule has 1 aromatic carbocycles. The van der Waals surface area contributed by atoms with Gasteiger partial charge in [-0.2, -0.15) is 13.2 Å². The maximum absolute atomic E-state index is 12.9. The van der Waals surface area contributed by atoms with Crippen molar-refractivity contribution >= 4 is 34.2 Å². The summed E-state index contributed by atoms with van der Waals surface area (Å²) in [6, 6.07) is 9.94. The van der Waals surface area contributed by atoms with Crippen LogP contribution in [0.1, 0.15) is 28.9 Å². The van der Waals surface area contributed by atoms with Crippen LogP contribution in [0.15, 0.2) is 42.6 Å². The highest BCUT2D eigenvalue weighted by Crippen LogP contribution is 2.31. The Balaban J connectivity index is 1.40. The number of nitrogens with zero attached hydrogens (tertiary/aromatic N) is 3. The minimum Gasteiger partial charge on any atom is -0.356 e. The van der Waals surface area contributed by atoms with E-state index in [4.69, 9.17) is 11.6 Å². The van der Waals surface area contributed by atoms with Gasteiger partial charge in [-0.05, 0) is 31.0 Å². The maximum atomic E-state index is 12.9. The molecule has 0 aliphatic carbocycles. The lowest BCUT2D eigenvalue weighted by Gasteiger charge is -2.33. The normalized spacial score (nSPS) is 15.6. The highest BCUT2D eigenvalue weighted by atomic mass is 35.5. The van der Waals surface area contributed by atoms with Crippen molar-refractivity contribution in [2.75, 3.05) is 18.0 Å². The number of rotatable bonds is 3. The van der Waals surface area contributed by atoms with E-state index in [0.717, 1.165) is 23.2 Å². The molecule has 9 heteroatoms. The number of alkyl halides is 3. The Morgan fingerprint density at radius 3 is 2.47 bits per heavy atom. The molecule has 0 unspecified atom stereocenters. The lowest BCUT2D eigenvalue weighted by molar-refractivity contribution is -0.137. The predicted octanol–water partition coefficient (Wildman–Crippen LogP) is 4.64. The number of anilines is 1. The second kappa shape index (κ2) is 7.83. The zero-order chi connectivity index (χ0) is 21.5. The third-order valence-electron chi connectivity index (χ3n) is 5.49. The van der Waals surface area contributed by atoms with Gasteiger partial charge in [0, 0.05) is 43.3 Å². The van der Waals surface area contributed by atoms with Crippen molar-refractivity contribution in [2.24, 2.45) is 7.05 Å². The smallest absolute Gasteiger partial charge is 0.356 e. The molecule has 0 atom stereocenters. The number of halogens is 4. The molecule has 1 saturated heterocycles. The number of benzene rings is 1. The Kier molecular flexibility index (Phi) is 5.36. The molecule has 0 saturated carbocycles. The van der Waals surface area contributed by atoms with Crippen LogP contribution in [0, 0.1) is 0 Å². The Morgan fingerprint density at radius 2 is 1.87 bits per heavy atom. The molecule has 3 heterocycles. The number of carbonyl (C=O) groups excluding carboxylic acids is 1. The summed E-state index contributed by atoms with van der Waals surface area (Å²) in [6.45, 7) is 1.18. The van der Waals surface area contributed by atoms with E-state index in [1.54, 1.807) is 4.57 Å². The number of amides is 1. The molecule has 158 valence electrons. The number of carbonyl (C=O) groups is 1. The molecular weight excluding hydrogens is 417 g/mol. The largest absolute Gasteiger partial charge is 0.417 e. The summed E-state index contributed by atoms with van der Waals surface area (Å²) < 4.78 is 39.9. The van der Waals surface area contributed by atoms with E-state index in [9.17, 15) is 18.0 Å². The van der Waals surface area contributed by atoms with Gasteiger partial charge in [-0.3, -0.25) is 4.79 Å². The summed E-state index contributed by atoms with van der Waals surface area (Å²) in [7, 11) is 1.81. The number of aryl methyl sites for hydroxylation is 1. The average Bonchev–Trinajstić information content (AvgIpc) is 2.99. The second-order valence-electron chi connectivity index (χ2n) is 7.38. The highest BCUT2D eigenvalue weighted by Gasteiger charge is 2.31. The van der Waals surface area contributed by atoms with Gasteiger partial charge >= 0.3 is 6.18 Å². The van der Waals surface area contributed by atoms with Crippen molar-refractivity contribution in [2.45, 2.75) is 25.1 Å². The quantitative estimate of drug-likeness (QED) is 0.650. The van der Waals surface area contributed by atoms with Crippen molar-refractivity contribution < 1.29 is 18.0 Å². The second-order valence-corrected chi connectivity index (χ2v) is 7.75. The Hall–Kier alpha value is -2.74. The molecule has 1 fully saturated rings. The summed E-state index contributed by atoms with van der Waals surface area (Å²) >= 11 is 6.44. The Bertz CT molecular complexity index is 1030. The van der Waals surface area contributed by atoms with Crippen molar-refractivity contribution in [3.8, 4) is 0 Å². The molecule has 30 heavy (non-hydrogen) atoms. The van der Waals surface area contributed by atoms with Gasteiger partial charge in [-0.25, -0.2) is 4.98 Å². The monoisotopic (exact) mass is 436 g/mol. The fraction of sp³-hybridized carbons (Fsp3) is 0.333. The number of pyridine rings is 1. The van der Waals surface area contributed by atoms with E-state index < -0.39 is 11.7 Å². The zero-order valence-corrected chi connectivity index (χ0v) is 17.0. The van der Waals surface area contributed by atoms with Crippen molar-refractivity contribution in [3.05, 3.63) is 58.9 Å².